The Labute approximate surface area is 216 Å². The number of ether oxygens (including phenoxy) is 1. The van der Waals surface area contributed by atoms with Crippen LogP contribution in [0.1, 0.15) is 54.5 Å². The number of rotatable bonds is 6. The lowest BCUT2D eigenvalue weighted by molar-refractivity contribution is -0.192. The average molecular weight is 517 g/mol. The molecule has 3 heterocycles. The maximum atomic E-state index is 12.9. The number of thiophene rings is 1. The van der Waals surface area contributed by atoms with Gasteiger partial charge in [-0.15, -0.1) is 23.7 Å². The zero-order valence-electron chi connectivity index (χ0n) is 19.7. The summed E-state index contributed by atoms with van der Waals surface area (Å²) in [5.74, 6) is 1.48. The molecule has 2 bridgehead atoms. The molecule has 188 valence electrons. The lowest BCUT2D eigenvalue weighted by Gasteiger charge is -2.64. The van der Waals surface area contributed by atoms with Crippen molar-refractivity contribution in [2.75, 3.05) is 13.1 Å². The fourth-order valence-corrected chi connectivity index (χ4v) is 8.31. The van der Waals surface area contributed by atoms with E-state index in [0.29, 0.717) is 25.0 Å². The van der Waals surface area contributed by atoms with Crippen molar-refractivity contribution < 1.29 is 19.7 Å². The number of halogens is 1. The zero-order chi connectivity index (χ0) is 23.1. The number of nitrogens with one attached hydrogen (secondary N) is 1. The first kappa shape index (κ1) is 23.6. The van der Waals surface area contributed by atoms with Crippen molar-refractivity contribution in [2.24, 2.45) is 5.92 Å². The molecule has 7 rings (SSSR count). The van der Waals surface area contributed by atoms with Crippen molar-refractivity contribution >= 4 is 29.7 Å². The fraction of sp³-hybridized carbons (Fsp3) is 0.593. The summed E-state index contributed by atoms with van der Waals surface area (Å²) in [5, 5.41) is 28.5. The lowest BCUT2D eigenvalue weighted by atomic mass is 9.48. The molecular weight excluding hydrogens is 484 g/mol. The molecule has 1 saturated heterocycles. The third kappa shape index (κ3) is 3.38. The van der Waals surface area contributed by atoms with Crippen molar-refractivity contribution in [1.82, 2.24) is 10.2 Å². The number of hydrogen-bond acceptors (Lipinski definition) is 6. The molecule has 3 fully saturated rings. The van der Waals surface area contributed by atoms with E-state index in [1.807, 2.05) is 17.5 Å². The number of aromatic hydroxyl groups is 1. The molecule has 0 unspecified atom stereocenters. The maximum Gasteiger partial charge on any atom is 0.220 e. The molecule has 2 aromatic rings. The van der Waals surface area contributed by atoms with Crippen LogP contribution in [0, 0.1) is 5.92 Å². The van der Waals surface area contributed by atoms with Gasteiger partial charge in [-0.3, -0.25) is 9.69 Å². The summed E-state index contributed by atoms with van der Waals surface area (Å²) < 4.78 is 6.53. The minimum atomic E-state index is -0.908. The van der Waals surface area contributed by atoms with Crippen LogP contribution in [0.15, 0.2) is 29.6 Å². The van der Waals surface area contributed by atoms with Crippen molar-refractivity contribution in [3.8, 4) is 11.5 Å². The van der Waals surface area contributed by atoms with E-state index in [1.54, 1.807) is 17.4 Å². The minimum absolute atomic E-state index is 0. The van der Waals surface area contributed by atoms with Crippen LogP contribution in [0.25, 0.3) is 0 Å². The van der Waals surface area contributed by atoms with Crippen molar-refractivity contribution in [2.45, 2.75) is 80.6 Å². The number of carbonyl (C=O) groups excluding carboxylic acids is 1. The number of nitrogens with zero attached hydrogens (tertiary/aromatic N) is 1. The highest BCUT2D eigenvalue weighted by Crippen LogP contribution is 2.65. The van der Waals surface area contributed by atoms with Crippen molar-refractivity contribution in [3.05, 3.63) is 45.6 Å². The molecular formula is C27H33ClN2O4S. The van der Waals surface area contributed by atoms with Crippen LogP contribution in [0.2, 0.25) is 0 Å². The number of likely N-dealkylation sites (tertiary alicyclic amines) is 1. The third-order valence-electron chi connectivity index (χ3n) is 9.29. The van der Waals surface area contributed by atoms with Gasteiger partial charge in [0.1, 0.15) is 6.10 Å². The van der Waals surface area contributed by atoms with E-state index >= 15 is 0 Å². The van der Waals surface area contributed by atoms with E-state index in [0.717, 1.165) is 43.8 Å². The minimum Gasteiger partial charge on any atom is -0.504 e. The average Bonchev–Trinajstić information content (AvgIpc) is 3.33. The summed E-state index contributed by atoms with van der Waals surface area (Å²) >= 11 is 1.68. The first-order valence-corrected chi connectivity index (χ1v) is 13.7. The number of piperidine rings is 1. The lowest BCUT2D eigenvalue weighted by Crippen LogP contribution is -2.78. The first-order valence-electron chi connectivity index (χ1n) is 12.8. The summed E-state index contributed by atoms with van der Waals surface area (Å²) in [6.07, 6.45) is 6.34. The highest BCUT2D eigenvalue weighted by atomic mass is 35.5. The standard InChI is InChI=1S/C27H32N2O4S.ClH/c30-20-7-5-17-14-21-27(32)10-9-19(28-22(31)8-6-18-2-1-13-34-18)25-26(27,23(17)24(20)33-25)11-12-29(21)15-16-3-4-16;/h1-2,5,7,13,16,19,21,25,30,32H,3-4,6,8-12,14-15H2,(H,28,31);1H/t19-,21-,25+,26+,27-;/m1./s1. The molecule has 1 aromatic carbocycles. The molecule has 2 aliphatic heterocycles. The highest BCUT2D eigenvalue weighted by Gasteiger charge is 2.73. The van der Waals surface area contributed by atoms with E-state index in [4.69, 9.17) is 4.74 Å². The van der Waals surface area contributed by atoms with Crippen molar-refractivity contribution in [1.29, 1.82) is 0 Å². The number of amides is 1. The van der Waals surface area contributed by atoms with E-state index in [2.05, 4.69) is 16.3 Å². The van der Waals surface area contributed by atoms with Crippen LogP contribution >= 0.6 is 23.7 Å². The van der Waals surface area contributed by atoms with Gasteiger partial charge < -0.3 is 20.3 Å². The van der Waals surface area contributed by atoms with Crippen LogP contribution in [0.3, 0.4) is 0 Å². The van der Waals surface area contributed by atoms with Gasteiger partial charge in [0.05, 0.1) is 17.1 Å². The largest absolute Gasteiger partial charge is 0.504 e. The second-order valence-electron chi connectivity index (χ2n) is 11.1. The number of phenols is 1. The van der Waals surface area contributed by atoms with E-state index < -0.39 is 11.0 Å². The van der Waals surface area contributed by atoms with Gasteiger partial charge in [0, 0.05) is 29.4 Å². The van der Waals surface area contributed by atoms with Gasteiger partial charge in [0.25, 0.3) is 0 Å². The van der Waals surface area contributed by atoms with E-state index in [-0.39, 0.29) is 42.3 Å². The highest BCUT2D eigenvalue weighted by molar-refractivity contribution is 7.09. The molecule has 35 heavy (non-hydrogen) atoms. The van der Waals surface area contributed by atoms with Gasteiger partial charge in [-0.05, 0) is 80.5 Å². The summed E-state index contributed by atoms with van der Waals surface area (Å²) in [6, 6.07) is 7.73. The molecule has 5 atom stereocenters. The second-order valence-corrected chi connectivity index (χ2v) is 12.1. The molecule has 6 nitrogen and oxygen atoms in total. The van der Waals surface area contributed by atoms with Gasteiger partial charge in [0.2, 0.25) is 5.91 Å². The Kier molecular flexibility index (Phi) is 5.64. The normalized spacial score (nSPS) is 34.5. The van der Waals surface area contributed by atoms with E-state index in [9.17, 15) is 15.0 Å². The summed E-state index contributed by atoms with van der Waals surface area (Å²) in [5.41, 5.74) is 0.716. The molecule has 3 aliphatic carbocycles. The fourth-order valence-electron chi connectivity index (χ4n) is 7.60. The Bertz CT molecular complexity index is 1140. The third-order valence-corrected chi connectivity index (χ3v) is 10.2. The monoisotopic (exact) mass is 516 g/mol. The summed E-state index contributed by atoms with van der Waals surface area (Å²) in [6.45, 7) is 1.99. The van der Waals surface area contributed by atoms with Gasteiger partial charge in [0.15, 0.2) is 11.5 Å². The Morgan fingerprint density at radius 2 is 2.09 bits per heavy atom. The van der Waals surface area contributed by atoms with Crippen LogP contribution in [0.4, 0.5) is 0 Å². The topological polar surface area (TPSA) is 82.0 Å². The summed E-state index contributed by atoms with van der Waals surface area (Å²) in [4.78, 5) is 16.7. The number of carbonyl (C=O) groups is 1. The second kappa shape index (κ2) is 8.37. The van der Waals surface area contributed by atoms with Crippen LogP contribution in [-0.2, 0) is 23.1 Å². The molecule has 1 spiro atoms. The SMILES string of the molecule is Cl.O=C(CCc1cccs1)N[C@@H]1CC[C@@]2(O)[C@H]3Cc4ccc(O)c5c4[C@@]2(CCN3CC2CC2)[C@H]1O5. The first-order chi connectivity index (χ1) is 16.5. The molecule has 5 aliphatic rings. The Morgan fingerprint density at radius 1 is 1.23 bits per heavy atom. The van der Waals surface area contributed by atoms with Gasteiger partial charge in [-0.1, -0.05) is 12.1 Å². The number of aryl methyl sites for hydroxylation is 1. The number of phenolic OH excluding ortho intramolecular Hbond substituents is 1. The maximum absolute atomic E-state index is 12.9. The van der Waals surface area contributed by atoms with E-state index in [1.165, 1.54) is 23.3 Å². The van der Waals surface area contributed by atoms with Gasteiger partial charge in [-0.2, -0.15) is 0 Å². The Hall–Kier alpha value is -1.80. The number of aliphatic hydroxyl groups is 1. The van der Waals surface area contributed by atoms with Crippen molar-refractivity contribution in [3.63, 3.8) is 0 Å². The summed E-state index contributed by atoms with van der Waals surface area (Å²) in [7, 11) is 0. The zero-order valence-corrected chi connectivity index (χ0v) is 21.4. The molecule has 0 radical (unpaired) electrons. The smallest absolute Gasteiger partial charge is 0.220 e. The predicted molar refractivity (Wildman–Crippen MR) is 137 cm³/mol. The van der Waals surface area contributed by atoms with Crippen LogP contribution in [-0.4, -0.2) is 57.9 Å². The quantitative estimate of drug-likeness (QED) is 0.547. The predicted octanol–water partition coefficient (Wildman–Crippen LogP) is 3.56. The number of hydrogen-bond donors (Lipinski definition) is 3. The molecule has 1 amide bonds. The Balaban J connectivity index is 0.00000229. The molecule has 8 heteroatoms. The molecule has 3 N–H and O–H groups in total. The molecule has 2 saturated carbocycles. The van der Waals surface area contributed by atoms with Crippen LogP contribution < -0.4 is 10.1 Å². The van der Waals surface area contributed by atoms with Crippen LogP contribution in [0.5, 0.6) is 11.5 Å². The molecule has 1 aromatic heterocycles. The van der Waals surface area contributed by atoms with Gasteiger partial charge in [-0.25, -0.2) is 0 Å². The Morgan fingerprint density at radius 3 is 2.86 bits per heavy atom. The van der Waals surface area contributed by atoms with Gasteiger partial charge >= 0.3 is 0 Å². The number of benzene rings is 1.